The molecule has 11 nitrogen and oxygen atoms in total. The smallest absolute Gasteiger partial charge is 0.296 e. The van der Waals surface area contributed by atoms with E-state index in [0.29, 0.717) is 51.5 Å². The lowest BCUT2D eigenvalue weighted by atomic mass is 9.65. The minimum absolute atomic E-state index is 0.0510. The molecule has 0 radical (unpaired) electrons. The third kappa shape index (κ3) is 10.3. The number of para-hydroxylation sites is 4. The van der Waals surface area contributed by atoms with Crippen molar-refractivity contribution in [3.05, 3.63) is 319 Å². The van der Waals surface area contributed by atoms with Crippen LogP contribution in [0.3, 0.4) is 0 Å². The Morgan fingerprint density at radius 3 is 0.796 bits per heavy atom. The topological polar surface area (TPSA) is 141 Å². The van der Waals surface area contributed by atoms with Crippen LogP contribution in [-0.4, -0.2) is 25.0 Å². The molecule has 12 aromatic rings. The first-order chi connectivity index (χ1) is 45.5. The summed E-state index contributed by atoms with van der Waals surface area (Å²) in [6.07, 6.45) is 0.932. The van der Waals surface area contributed by atoms with Crippen LogP contribution in [0, 0.1) is 0 Å². The Bertz CT molecular complexity index is 4460. The van der Waals surface area contributed by atoms with Crippen LogP contribution in [0.4, 0.5) is 17.1 Å². The van der Waals surface area contributed by atoms with Crippen molar-refractivity contribution >= 4 is 67.8 Å². The Labute approximate surface area is 540 Å². The predicted octanol–water partition coefficient (Wildman–Crippen LogP) is 18.4. The third-order valence-corrected chi connectivity index (χ3v) is 27.3. The number of fused-ring (bicyclic) bond motifs is 12. The van der Waals surface area contributed by atoms with Gasteiger partial charge in [-0.15, -0.1) is 0 Å². The fraction of sp³-hybridized carbons (Fsp3) is 0.0769. The van der Waals surface area contributed by atoms with Gasteiger partial charge in [0.2, 0.25) is 0 Å². The summed E-state index contributed by atoms with van der Waals surface area (Å²) >= 11 is 0. The van der Waals surface area contributed by atoms with Gasteiger partial charge in [0.25, 0.3) is 29.5 Å². The van der Waals surface area contributed by atoms with Gasteiger partial charge in [0.15, 0.2) is 0 Å². The predicted molar refractivity (Wildman–Crippen MR) is 378 cm³/mol. The Morgan fingerprint density at radius 2 is 0.495 bits per heavy atom. The number of benzene rings is 12. The van der Waals surface area contributed by atoms with Crippen molar-refractivity contribution < 1.29 is 36.4 Å². The molecule has 0 saturated heterocycles. The molecule has 3 N–H and O–H groups in total. The zero-order chi connectivity index (χ0) is 62.8. The molecule has 0 fully saturated rings. The summed E-state index contributed by atoms with van der Waals surface area (Å²) in [7, 11) is -13.7. The molecule has 15 heteroatoms. The summed E-state index contributed by atoms with van der Waals surface area (Å²) in [4.78, 5) is 0. The Hall–Kier alpha value is -9.84. The molecular weight excluding hydrogens is 1230 g/mol. The van der Waals surface area contributed by atoms with Crippen LogP contribution < -0.4 is 55.3 Å². The molecule has 4 heterocycles. The minimum Gasteiger partial charge on any atom is -0.439 e. The summed E-state index contributed by atoms with van der Waals surface area (Å²) in [6, 6.07) is 95.4. The van der Waals surface area contributed by atoms with E-state index in [1.807, 2.05) is 231 Å². The second kappa shape index (κ2) is 23.4. The first kappa shape index (κ1) is 58.3. The molecule has 4 unspecified atom stereocenters. The molecule has 4 aliphatic heterocycles. The van der Waals surface area contributed by atoms with E-state index in [9.17, 15) is 0 Å². The van der Waals surface area contributed by atoms with Gasteiger partial charge in [-0.3, -0.25) is 18.3 Å². The van der Waals surface area contributed by atoms with Crippen LogP contribution >= 0.6 is 29.5 Å². The third-order valence-electron chi connectivity index (χ3n) is 18.3. The summed E-state index contributed by atoms with van der Waals surface area (Å²) in [6.45, 7) is 0. The maximum Gasteiger partial charge on any atom is 0.296 e. The molecule has 0 aromatic heterocycles. The fourth-order valence-electron chi connectivity index (χ4n) is 13.7. The second-order valence-corrected chi connectivity index (χ2v) is 33.2. The van der Waals surface area contributed by atoms with Gasteiger partial charge in [-0.25, -0.2) is 0 Å². The quantitative estimate of drug-likeness (QED) is 0.0629. The van der Waals surface area contributed by atoms with E-state index >= 15 is 18.3 Å². The van der Waals surface area contributed by atoms with Crippen molar-refractivity contribution in [1.82, 2.24) is 0 Å². The zero-order valence-corrected chi connectivity index (χ0v) is 53.9. The molecule has 12 aromatic carbocycles. The fourth-order valence-corrected chi connectivity index (χ4v) is 22.3. The van der Waals surface area contributed by atoms with E-state index < -0.39 is 34.9 Å². The lowest BCUT2D eigenvalue weighted by Gasteiger charge is -2.37. The van der Waals surface area contributed by atoms with Crippen molar-refractivity contribution in [3.63, 3.8) is 0 Å². The molecule has 4 atom stereocenters. The first-order valence-electron chi connectivity index (χ1n) is 31.0. The molecule has 0 spiro atoms. The van der Waals surface area contributed by atoms with E-state index in [1.54, 1.807) is 0 Å². The summed E-state index contributed by atoms with van der Waals surface area (Å²) in [5.41, 5.74) is 13.2. The van der Waals surface area contributed by atoms with Crippen molar-refractivity contribution in [1.29, 1.82) is 0 Å². The molecule has 4 aliphatic rings. The van der Waals surface area contributed by atoms with E-state index in [4.69, 9.17) is 18.1 Å². The lowest BCUT2D eigenvalue weighted by Crippen LogP contribution is -2.31. The summed E-state index contributed by atoms with van der Waals surface area (Å²) in [5, 5.41) is 13.3. The molecule has 0 saturated carbocycles. The number of aryl methyl sites for hydroxylation is 1. The van der Waals surface area contributed by atoms with E-state index in [1.165, 1.54) is 0 Å². The van der Waals surface area contributed by atoms with Crippen LogP contribution in [0.2, 0.25) is 0 Å². The highest BCUT2D eigenvalue weighted by Crippen LogP contribution is 2.59. The summed E-state index contributed by atoms with van der Waals surface area (Å²) < 4.78 is 86.1. The van der Waals surface area contributed by atoms with Gasteiger partial charge >= 0.3 is 0 Å². The van der Waals surface area contributed by atoms with Gasteiger partial charge in [0.1, 0.15) is 41.9 Å². The monoisotopic (exact) mass is 1290 g/mol. The van der Waals surface area contributed by atoms with Gasteiger partial charge in [0, 0.05) is 45.5 Å². The standard InChI is InChI=1S/C78H61N3O8P4/c82-90(74-29-13-5-21-66(74)62-17-1-9-25-70(62)86-90)50-49-54-33-35-55(36-34-54)78(56-37-43-59(44-38-56)79-51-91(83)75-30-14-6-22-67(75)63-18-2-10-26-71(63)87-91,57-39-45-60(46-40-57)80-52-92(84)76-31-15-7-23-68(76)64-19-3-11-27-72(64)88-92)58-41-47-61(48-42-58)81-53-93(85)77-32-16-8-24-69(77)65-20-4-12-28-73(65)89-93/h1-48,79-81H,49-53H2. The molecule has 0 bridgehead atoms. The Morgan fingerprint density at radius 1 is 0.258 bits per heavy atom. The maximum atomic E-state index is 15.1. The van der Waals surface area contributed by atoms with Crippen LogP contribution in [0.15, 0.2) is 291 Å². The van der Waals surface area contributed by atoms with Crippen LogP contribution in [0.1, 0.15) is 27.8 Å². The van der Waals surface area contributed by atoms with E-state index in [-0.39, 0.29) is 18.9 Å². The van der Waals surface area contributed by atoms with Crippen LogP contribution in [-0.2, 0) is 30.1 Å². The van der Waals surface area contributed by atoms with Crippen molar-refractivity contribution in [2.24, 2.45) is 0 Å². The molecule has 16 rings (SSSR count). The number of hydrogen-bond donors (Lipinski definition) is 3. The molecule has 456 valence electrons. The normalized spacial score (nSPS) is 19.7. The van der Waals surface area contributed by atoms with Crippen LogP contribution in [0.5, 0.6) is 23.0 Å². The lowest BCUT2D eigenvalue weighted by molar-refractivity contribution is 0.490. The average Bonchev–Trinajstić information content (AvgIpc) is 0.754. The highest BCUT2D eigenvalue weighted by molar-refractivity contribution is 7.69. The van der Waals surface area contributed by atoms with Gasteiger partial charge in [-0.2, -0.15) is 0 Å². The molecule has 0 aliphatic carbocycles. The van der Waals surface area contributed by atoms with Gasteiger partial charge in [0.05, 0.1) is 26.6 Å². The molecular formula is C78H61N3O8P4. The number of hydrogen-bond acceptors (Lipinski definition) is 11. The second-order valence-electron chi connectivity index (χ2n) is 23.8. The van der Waals surface area contributed by atoms with Crippen molar-refractivity contribution in [3.8, 4) is 67.5 Å². The van der Waals surface area contributed by atoms with Crippen molar-refractivity contribution in [2.75, 3.05) is 41.0 Å². The van der Waals surface area contributed by atoms with E-state index in [2.05, 4.69) is 76.6 Å². The SMILES string of the molecule is O=P1(CCc2ccc(C(c3ccc(NCP4(=O)Oc5ccccc5-c5ccccc54)cc3)(c3ccc(NCP4(=O)Oc5ccccc5-c5ccccc54)cc3)c3ccc(NCP4(=O)Oc5ccccc5-c5ccccc54)cc3)cc2)Oc2ccccc2-c2ccccc21. The zero-order valence-electron chi connectivity index (χ0n) is 50.3. The molecule has 0 amide bonds. The number of anilines is 3. The molecule has 93 heavy (non-hydrogen) atoms. The maximum absolute atomic E-state index is 15.1. The van der Waals surface area contributed by atoms with Gasteiger partial charge in [-0.05, 0) is 141 Å². The Kier molecular flexibility index (Phi) is 14.6. The Balaban J connectivity index is 0.773. The number of rotatable bonds is 16. The van der Waals surface area contributed by atoms with E-state index in [0.717, 1.165) is 94.7 Å². The average molecular weight is 1290 g/mol. The number of nitrogens with one attached hydrogen (secondary N) is 3. The van der Waals surface area contributed by atoms with Crippen LogP contribution in [0.25, 0.3) is 44.5 Å². The van der Waals surface area contributed by atoms with Gasteiger partial charge < -0.3 is 34.0 Å². The highest BCUT2D eigenvalue weighted by Gasteiger charge is 2.42. The van der Waals surface area contributed by atoms with Gasteiger partial charge in [-0.1, -0.05) is 206 Å². The largest absolute Gasteiger partial charge is 0.439 e. The summed E-state index contributed by atoms with van der Waals surface area (Å²) in [5.74, 6) is 2.38. The van der Waals surface area contributed by atoms with Crippen molar-refractivity contribution in [2.45, 2.75) is 11.8 Å². The first-order valence-corrected chi connectivity index (χ1v) is 38.2. The highest BCUT2D eigenvalue weighted by atomic mass is 31.2. The minimum atomic E-state index is -3.45.